The van der Waals surface area contributed by atoms with E-state index in [0.717, 1.165) is 19.3 Å². The van der Waals surface area contributed by atoms with Crippen molar-refractivity contribution in [2.75, 3.05) is 20.2 Å². The normalized spacial score (nSPS) is 23.3. The standard InChI is InChI=1S/C18H32N2O6/c1-6-7-8-9-14(21)19-13-12-20(16(23)26-17(2,3)4)11-10-18(13,24)15(22)25-5/h13,24H,6-12H2,1-5H3,(H,19,21)/t13-,18-/m1/s1. The molecular formula is C18H32N2O6. The first-order chi connectivity index (χ1) is 12.0. The minimum Gasteiger partial charge on any atom is -0.467 e. The first-order valence-electron chi connectivity index (χ1n) is 9.11. The molecule has 1 saturated heterocycles. The highest BCUT2D eigenvalue weighted by Gasteiger charge is 2.50. The van der Waals surface area contributed by atoms with Crippen molar-refractivity contribution < 1.29 is 29.0 Å². The number of piperidine rings is 1. The van der Waals surface area contributed by atoms with E-state index in [1.165, 1.54) is 12.0 Å². The zero-order valence-electron chi connectivity index (χ0n) is 16.5. The van der Waals surface area contributed by atoms with Gasteiger partial charge in [-0.1, -0.05) is 19.8 Å². The number of carbonyl (C=O) groups is 3. The molecule has 8 nitrogen and oxygen atoms in total. The van der Waals surface area contributed by atoms with E-state index < -0.39 is 29.3 Å². The van der Waals surface area contributed by atoms with Crippen LogP contribution >= 0.6 is 0 Å². The van der Waals surface area contributed by atoms with Crippen molar-refractivity contribution in [3.05, 3.63) is 0 Å². The van der Waals surface area contributed by atoms with Crippen LogP contribution in [0.25, 0.3) is 0 Å². The molecule has 8 heteroatoms. The maximum absolute atomic E-state index is 12.3. The van der Waals surface area contributed by atoms with Crippen LogP contribution < -0.4 is 5.32 Å². The summed E-state index contributed by atoms with van der Waals surface area (Å²) in [6.45, 7) is 7.41. The molecule has 1 heterocycles. The molecule has 0 spiro atoms. The average Bonchev–Trinajstić information content (AvgIpc) is 2.54. The number of aliphatic hydroxyl groups is 1. The molecule has 2 amide bonds. The second-order valence-electron chi connectivity index (χ2n) is 7.67. The number of ether oxygens (including phenoxy) is 2. The van der Waals surface area contributed by atoms with Gasteiger partial charge in [-0.3, -0.25) is 4.79 Å². The van der Waals surface area contributed by atoms with E-state index in [1.54, 1.807) is 20.8 Å². The van der Waals surface area contributed by atoms with E-state index >= 15 is 0 Å². The molecule has 0 radical (unpaired) electrons. The molecule has 0 bridgehead atoms. The van der Waals surface area contributed by atoms with Gasteiger partial charge in [0.25, 0.3) is 0 Å². The van der Waals surface area contributed by atoms with Crippen LogP contribution in [0.2, 0.25) is 0 Å². The summed E-state index contributed by atoms with van der Waals surface area (Å²) in [6.07, 6.45) is 2.34. The summed E-state index contributed by atoms with van der Waals surface area (Å²) in [6, 6.07) is -0.953. The Bertz CT molecular complexity index is 516. The SMILES string of the molecule is CCCCCC(=O)N[C@@H]1CN(C(=O)OC(C)(C)C)CC[C@]1(O)C(=O)OC. The third-order valence-corrected chi connectivity index (χ3v) is 4.28. The second kappa shape index (κ2) is 9.21. The lowest BCUT2D eigenvalue weighted by Crippen LogP contribution is -2.66. The summed E-state index contributed by atoms with van der Waals surface area (Å²) < 4.78 is 10.0. The average molecular weight is 372 g/mol. The fraction of sp³-hybridized carbons (Fsp3) is 0.833. The zero-order valence-corrected chi connectivity index (χ0v) is 16.5. The minimum atomic E-state index is -1.87. The van der Waals surface area contributed by atoms with Gasteiger partial charge in [0.15, 0.2) is 5.60 Å². The number of nitrogens with zero attached hydrogens (tertiary/aromatic N) is 1. The van der Waals surface area contributed by atoms with E-state index in [4.69, 9.17) is 9.47 Å². The Balaban J connectivity index is 2.86. The van der Waals surface area contributed by atoms with Crippen LogP contribution in [-0.2, 0) is 19.1 Å². The summed E-state index contributed by atoms with van der Waals surface area (Å²) in [5.74, 6) is -1.09. The van der Waals surface area contributed by atoms with Gasteiger partial charge < -0.3 is 24.8 Å². The van der Waals surface area contributed by atoms with Crippen molar-refractivity contribution in [2.45, 2.75) is 77.0 Å². The van der Waals surface area contributed by atoms with E-state index in [1.807, 2.05) is 6.92 Å². The predicted octanol–water partition coefficient (Wildman–Crippen LogP) is 1.60. The molecule has 1 aliphatic rings. The maximum Gasteiger partial charge on any atom is 0.410 e. The smallest absolute Gasteiger partial charge is 0.410 e. The summed E-state index contributed by atoms with van der Waals surface area (Å²) >= 11 is 0. The van der Waals surface area contributed by atoms with Crippen LogP contribution in [0.15, 0.2) is 0 Å². The van der Waals surface area contributed by atoms with Crippen LogP contribution in [0.1, 0.15) is 59.8 Å². The van der Waals surface area contributed by atoms with Gasteiger partial charge >= 0.3 is 12.1 Å². The number of hydrogen-bond donors (Lipinski definition) is 2. The molecule has 2 atom stereocenters. The van der Waals surface area contributed by atoms with Crippen LogP contribution in [0.5, 0.6) is 0 Å². The highest BCUT2D eigenvalue weighted by atomic mass is 16.6. The number of amides is 2. The van der Waals surface area contributed by atoms with Crippen molar-refractivity contribution >= 4 is 18.0 Å². The molecular weight excluding hydrogens is 340 g/mol. The Morgan fingerprint density at radius 3 is 2.46 bits per heavy atom. The maximum atomic E-state index is 12.3. The van der Waals surface area contributed by atoms with Gasteiger partial charge in [0.1, 0.15) is 5.60 Å². The number of likely N-dealkylation sites (tertiary alicyclic amines) is 1. The Morgan fingerprint density at radius 1 is 1.27 bits per heavy atom. The Hall–Kier alpha value is -1.83. The summed E-state index contributed by atoms with van der Waals surface area (Å²) in [5.41, 5.74) is -2.53. The van der Waals surface area contributed by atoms with Crippen molar-refractivity contribution in [3.8, 4) is 0 Å². The number of rotatable bonds is 6. The zero-order chi connectivity index (χ0) is 20.0. The van der Waals surface area contributed by atoms with Crippen LogP contribution in [0.3, 0.4) is 0 Å². The van der Waals surface area contributed by atoms with E-state index in [2.05, 4.69) is 5.32 Å². The van der Waals surface area contributed by atoms with Crippen LogP contribution in [0.4, 0.5) is 4.79 Å². The van der Waals surface area contributed by atoms with Crippen molar-refractivity contribution in [1.29, 1.82) is 0 Å². The first kappa shape index (κ1) is 22.2. The van der Waals surface area contributed by atoms with E-state index in [9.17, 15) is 19.5 Å². The number of methoxy groups -OCH3 is 1. The first-order valence-corrected chi connectivity index (χ1v) is 9.11. The number of nitrogens with one attached hydrogen (secondary N) is 1. The Kier molecular flexibility index (Phi) is 7.87. The highest BCUT2D eigenvalue weighted by Crippen LogP contribution is 2.26. The molecule has 0 aromatic rings. The lowest BCUT2D eigenvalue weighted by molar-refractivity contribution is -0.171. The monoisotopic (exact) mass is 372 g/mol. The highest BCUT2D eigenvalue weighted by molar-refractivity contribution is 5.83. The molecule has 0 unspecified atom stereocenters. The topological polar surface area (TPSA) is 105 Å². The van der Waals surface area contributed by atoms with Gasteiger partial charge in [-0.2, -0.15) is 0 Å². The quantitative estimate of drug-likeness (QED) is 0.542. The van der Waals surface area contributed by atoms with Crippen LogP contribution in [0, 0.1) is 0 Å². The third-order valence-electron chi connectivity index (χ3n) is 4.28. The lowest BCUT2D eigenvalue weighted by Gasteiger charge is -2.42. The molecule has 0 saturated carbocycles. The number of esters is 1. The van der Waals surface area contributed by atoms with Crippen molar-refractivity contribution in [2.24, 2.45) is 0 Å². The fourth-order valence-electron chi connectivity index (χ4n) is 2.82. The van der Waals surface area contributed by atoms with E-state index in [-0.39, 0.29) is 25.4 Å². The number of unbranched alkanes of at least 4 members (excludes halogenated alkanes) is 2. The van der Waals surface area contributed by atoms with Crippen molar-refractivity contribution in [3.63, 3.8) is 0 Å². The number of hydrogen-bond acceptors (Lipinski definition) is 6. The van der Waals surface area contributed by atoms with Gasteiger partial charge in [0.2, 0.25) is 5.91 Å². The molecule has 1 fully saturated rings. The lowest BCUT2D eigenvalue weighted by atomic mass is 9.86. The fourth-order valence-corrected chi connectivity index (χ4v) is 2.82. The Labute approximate surface area is 155 Å². The van der Waals surface area contributed by atoms with Gasteiger partial charge in [-0.25, -0.2) is 9.59 Å². The summed E-state index contributed by atoms with van der Waals surface area (Å²) in [4.78, 5) is 38.0. The Morgan fingerprint density at radius 2 is 1.92 bits per heavy atom. The summed E-state index contributed by atoms with van der Waals surface area (Å²) in [7, 11) is 1.18. The predicted molar refractivity (Wildman–Crippen MR) is 95.5 cm³/mol. The van der Waals surface area contributed by atoms with Gasteiger partial charge in [-0.15, -0.1) is 0 Å². The molecule has 1 aliphatic heterocycles. The molecule has 0 aromatic carbocycles. The third kappa shape index (κ3) is 6.16. The largest absolute Gasteiger partial charge is 0.467 e. The van der Waals surface area contributed by atoms with Gasteiger partial charge in [0.05, 0.1) is 13.2 Å². The van der Waals surface area contributed by atoms with Gasteiger partial charge in [-0.05, 0) is 27.2 Å². The van der Waals surface area contributed by atoms with Gasteiger partial charge in [0, 0.05) is 25.9 Å². The summed E-state index contributed by atoms with van der Waals surface area (Å²) in [5, 5.41) is 13.5. The molecule has 0 aliphatic carbocycles. The molecule has 1 rings (SSSR count). The van der Waals surface area contributed by atoms with E-state index in [0.29, 0.717) is 6.42 Å². The molecule has 0 aromatic heterocycles. The molecule has 26 heavy (non-hydrogen) atoms. The second-order valence-corrected chi connectivity index (χ2v) is 7.67. The van der Waals surface area contributed by atoms with Crippen molar-refractivity contribution in [1.82, 2.24) is 10.2 Å². The molecule has 150 valence electrons. The molecule has 2 N–H and O–H groups in total. The minimum absolute atomic E-state index is 0.0277. The number of carbonyl (C=O) groups excluding carboxylic acids is 3. The van der Waals surface area contributed by atoms with Crippen LogP contribution in [-0.4, -0.2) is 65.4 Å².